The molecule has 0 aliphatic carbocycles. The average Bonchev–Trinajstić information content (AvgIpc) is 3.17. The molecule has 0 spiro atoms. The molecule has 2 N–H and O–H groups in total. The third-order valence-electron chi connectivity index (χ3n) is 5.00. The molecule has 0 saturated carbocycles. The molecule has 1 aromatic heterocycles. The standard InChI is InChI=1S/C23H25Cl2N5O3S/c1-13(2)20(27-22(32)14-9-10-15(24)16(25)11-14)21-28-29-23(30(21)3)34-12-19(31)26-17-7-5-6-8-18(17)33-4/h5-11,13,20H,12H2,1-4H3,(H,26,31)(H,27,32)/t20-/m1/s1. The van der Waals surface area contributed by atoms with Gasteiger partial charge in [0, 0.05) is 12.6 Å². The second-order valence-electron chi connectivity index (χ2n) is 7.76. The van der Waals surface area contributed by atoms with Gasteiger partial charge in [-0.2, -0.15) is 0 Å². The number of halogens is 2. The van der Waals surface area contributed by atoms with Crippen LogP contribution in [0.4, 0.5) is 5.69 Å². The van der Waals surface area contributed by atoms with Crippen molar-refractivity contribution in [3.05, 3.63) is 63.9 Å². The summed E-state index contributed by atoms with van der Waals surface area (Å²) in [5.41, 5.74) is 0.990. The Bertz CT molecular complexity index is 1190. The number of thioether (sulfide) groups is 1. The summed E-state index contributed by atoms with van der Waals surface area (Å²) in [7, 11) is 3.35. The van der Waals surface area contributed by atoms with Gasteiger partial charge >= 0.3 is 0 Å². The molecule has 3 aromatic rings. The number of hydrogen-bond acceptors (Lipinski definition) is 6. The Hall–Kier alpha value is -2.75. The largest absolute Gasteiger partial charge is 0.495 e. The van der Waals surface area contributed by atoms with Crippen LogP contribution >= 0.6 is 35.0 Å². The van der Waals surface area contributed by atoms with Gasteiger partial charge in [-0.1, -0.05) is 60.9 Å². The van der Waals surface area contributed by atoms with Crippen LogP contribution in [0.5, 0.6) is 5.75 Å². The second kappa shape index (κ2) is 11.6. The summed E-state index contributed by atoms with van der Waals surface area (Å²) in [6.45, 7) is 3.95. The topological polar surface area (TPSA) is 98.1 Å². The van der Waals surface area contributed by atoms with Gasteiger partial charge in [0.25, 0.3) is 5.91 Å². The molecule has 2 aromatic carbocycles. The molecule has 0 aliphatic rings. The van der Waals surface area contributed by atoms with E-state index in [1.165, 1.54) is 17.8 Å². The number of carbonyl (C=O) groups excluding carboxylic acids is 2. The number of aromatic nitrogens is 3. The van der Waals surface area contributed by atoms with Crippen molar-refractivity contribution in [2.75, 3.05) is 18.2 Å². The lowest BCUT2D eigenvalue weighted by molar-refractivity contribution is -0.113. The van der Waals surface area contributed by atoms with Crippen LogP contribution in [-0.4, -0.2) is 39.4 Å². The minimum atomic E-state index is -0.406. The quantitative estimate of drug-likeness (QED) is 0.385. The molecule has 34 heavy (non-hydrogen) atoms. The zero-order valence-electron chi connectivity index (χ0n) is 19.1. The second-order valence-corrected chi connectivity index (χ2v) is 9.52. The van der Waals surface area contributed by atoms with E-state index >= 15 is 0 Å². The van der Waals surface area contributed by atoms with Gasteiger partial charge in [0.15, 0.2) is 11.0 Å². The number of para-hydroxylation sites is 2. The smallest absolute Gasteiger partial charge is 0.251 e. The van der Waals surface area contributed by atoms with Gasteiger partial charge in [0.1, 0.15) is 5.75 Å². The monoisotopic (exact) mass is 521 g/mol. The average molecular weight is 522 g/mol. The molecule has 0 fully saturated rings. The molecule has 2 amide bonds. The van der Waals surface area contributed by atoms with Gasteiger partial charge in [-0.15, -0.1) is 10.2 Å². The zero-order chi connectivity index (χ0) is 24.8. The third-order valence-corrected chi connectivity index (χ3v) is 6.75. The van der Waals surface area contributed by atoms with E-state index in [0.29, 0.717) is 38.0 Å². The van der Waals surface area contributed by atoms with Gasteiger partial charge < -0.3 is 19.9 Å². The number of benzene rings is 2. The summed E-state index contributed by atoms with van der Waals surface area (Å²) < 4.78 is 7.04. The minimum Gasteiger partial charge on any atom is -0.495 e. The van der Waals surface area contributed by atoms with Crippen molar-refractivity contribution >= 4 is 52.5 Å². The van der Waals surface area contributed by atoms with Crippen molar-refractivity contribution in [3.63, 3.8) is 0 Å². The number of hydrogen-bond donors (Lipinski definition) is 2. The molecule has 0 unspecified atom stereocenters. The van der Waals surface area contributed by atoms with Crippen LogP contribution in [0, 0.1) is 5.92 Å². The maximum atomic E-state index is 12.8. The fourth-order valence-corrected chi connectivity index (χ4v) is 4.19. The first-order valence-electron chi connectivity index (χ1n) is 10.4. The molecule has 11 heteroatoms. The highest BCUT2D eigenvalue weighted by atomic mass is 35.5. The SMILES string of the molecule is COc1ccccc1NC(=O)CSc1nnc([C@H](NC(=O)c2ccc(Cl)c(Cl)c2)C(C)C)n1C. The third kappa shape index (κ3) is 6.22. The maximum Gasteiger partial charge on any atom is 0.251 e. The van der Waals surface area contributed by atoms with Crippen molar-refractivity contribution in [3.8, 4) is 5.75 Å². The Morgan fingerprint density at radius 2 is 1.85 bits per heavy atom. The van der Waals surface area contributed by atoms with Crippen molar-refractivity contribution in [2.45, 2.75) is 25.0 Å². The summed E-state index contributed by atoms with van der Waals surface area (Å²) in [5, 5.41) is 15.6. The van der Waals surface area contributed by atoms with Crippen LogP contribution in [-0.2, 0) is 11.8 Å². The van der Waals surface area contributed by atoms with E-state index in [2.05, 4.69) is 20.8 Å². The fraction of sp³-hybridized carbons (Fsp3) is 0.304. The van der Waals surface area contributed by atoms with Crippen molar-refractivity contribution in [1.82, 2.24) is 20.1 Å². The highest BCUT2D eigenvalue weighted by Gasteiger charge is 2.25. The van der Waals surface area contributed by atoms with Crippen LogP contribution in [0.15, 0.2) is 47.6 Å². The number of nitrogens with one attached hydrogen (secondary N) is 2. The van der Waals surface area contributed by atoms with Gasteiger partial charge in [-0.3, -0.25) is 9.59 Å². The lowest BCUT2D eigenvalue weighted by atomic mass is 10.0. The lowest BCUT2D eigenvalue weighted by Gasteiger charge is -2.22. The predicted molar refractivity (Wildman–Crippen MR) is 135 cm³/mol. The number of rotatable bonds is 9. The Morgan fingerprint density at radius 3 is 2.53 bits per heavy atom. The van der Waals surface area contributed by atoms with Gasteiger partial charge in [-0.25, -0.2) is 0 Å². The Morgan fingerprint density at radius 1 is 1.12 bits per heavy atom. The van der Waals surface area contributed by atoms with Gasteiger partial charge in [0.05, 0.1) is 34.6 Å². The number of anilines is 1. The van der Waals surface area contributed by atoms with Crippen LogP contribution in [0.1, 0.15) is 36.1 Å². The Labute approximate surface area is 212 Å². The molecule has 0 radical (unpaired) electrons. The maximum absolute atomic E-state index is 12.8. The molecule has 0 bridgehead atoms. The van der Waals surface area contributed by atoms with E-state index in [-0.39, 0.29) is 23.5 Å². The first-order valence-corrected chi connectivity index (χ1v) is 12.2. The number of ether oxygens (including phenoxy) is 1. The molecule has 1 heterocycles. The molecular formula is C23H25Cl2N5O3S. The summed E-state index contributed by atoms with van der Waals surface area (Å²) in [6, 6.07) is 11.5. The fourth-order valence-electron chi connectivity index (χ4n) is 3.18. The molecule has 0 saturated heterocycles. The summed E-state index contributed by atoms with van der Waals surface area (Å²) in [5.74, 6) is 0.820. The molecule has 1 atom stereocenters. The van der Waals surface area contributed by atoms with E-state index in [4.69, 9.17) is 27.9 Å². The van der Waals surface area contributed by atoms with Gasteiger partial charge in [0.2, 0.25) is 5.91 Å². The first-order chi connectivity index (χ1) is 16.2. The van der Waals surface area contributed by atoms with Crippen LogP contribution in [0.25, 0.3) is 0 Å². The van der Waals surface area contributed by atoms with E-state index < -0.39 is 6.04 Å². The molecule has 180 valence electrons. The molecule has 0 aliphatic heterocycles. The van der Waals surface area contributed by atoms with E-state index in [9.17, 15) is 9.59 Å². The van der Waals surface area contributed by atoms with E-state index in [0.717, 1.165) is 0 Å². The highest BCUT2D eigenvalue weighted by Crippen LogP contribution is 2.27. The zero-order valence-corrected chi connectivity index (χ0v) is 21.5. The van der Waals surface area contributed by atoms with Crippen molar-refractivity contribution in [1.29, 1.82) is 0 Å². The number of amides is 2. The van der Waals surface area contributed by atoms with E-state index in [1.54, 1.807) is 43.0 Å². The normalized spacial score (nSPS) is 11.9. The predicted octanol–water partition coefficient (Wildman–Crippen LogP) is 4.99. The van der Waals surface area contributed by atoms with Crippen LogP contribution < -0.4 is 15.4 Å². The summed E-state index contributed by atoms with van der Waals surface area (Å²) in [6.07, 6.45) is 0. The number of nitrogens with zero attached hydrogens (tertiary/aromatic N) is 3. The van der Waals surface area contributed by atoms with Gasteiger partial charge in [-0.05, 0) is 36.2 Å². The first kappa shape index (κ1) is 25.9. The molecule has 3 rings (SSSR count). The lowest BCUT2D eigenvalue weighted by Crippen LogP contribution is -2.33. The van der Waals surface area contributed by atoms with Crippen molar-refractivity contribution < 1.29 is 14.3 Å². The summed E-state index contributed by atoms with van der Waals surface area (Å²) in [4.78, 5) is 25.3. The summed E-state index contributed by atoms with van der Waals surface area (Å²) >= 11 is 13.2. The molecular weight excluding hydrogens is 497 g/mol. The van der Waals surface area contributed by atoms with Crippen LogP contribution in [0.3, 0.4) is 0 Å². The van der Waals surface area contributed by atoms with Crippen molar-refractivity contribution in [2.24, 2.45) is 13.0 Å². The van der Waals surface area contributed by atoms with Crippen LogP contribution in [0.2, 0.25) is 10.0 Å². The van der Waals surface area contributed by atoms with E-state index in [1.807, 2.05) is 26.0 Å². The Kier molecular flexibility index (Phi) is 8.82. The number of carbonyl (C=O) groups is 2. The minimum absolute atomic E-state index is 0.0290. The highest BCUT2D eigenvalue weighted by molar-refractivity contribution is 7.99. The number of methoxy groups -OCH3 is 1. The molecule has 8 nitrogen and oxygen atoms in total. The Balaban J connectivity index is 1.68.